The van der Waals surface area contributed by atoms with Crippen LogP contribution in [0.5, 0.6) is 5.75 Å². The van der Waals surface area contributed by atoms with Gasteiger partial charge in [0.25, 0.3) is 16.7 Å². The number of halogens is 2. The Hall–Kier alpha value is -6.15. The highest BCUT2D eigenvalue weighted by Gasteiger charge is 2.36. The van der Waals surface area contributed by atoms with Gasteiger partial charge in [0.05, 0.1) is 15.4 Å². The molecule has 286 valence electrons. The normalized spacial score (nSPS) is 11.9. The molecule has 0 spiro atoms. The molecule has 0 aliphatic rings. The van der Waals surface area contributed by atoms with Gasteiger partial charge in [0, 0.05) is 41.3 Å². The summed E-state index contributed by atoms with van der Waals surface area (Å²) in [4.78, 5) is 42.8. The minimum absolute atomic E-state index is 0.174. The number of nitro groups is 1. The topological polar surface area (TPSA) is 150 Å². The van der Waals surface area contributed by atoms with Crippen LogP contribution in [0.3, 0.4) is 0 Å². The lowest BCUT2D eigenvalue weighted by atomic mass is 10.0. The zero-order valence-electron chi connectivity index (χ0n) is 29.9. The second kappa shape index (κ2) is 16.9. The number of hydrogen-bond acceptors (Lipinski definition) is 8. The third-order valence-electron chi connectivity index (χ3n) is 9.25. The number of carbonyl (C=O) groups excluding carboxylic acids is 2. The smallest absolute Gasteiger partial charge is 0.289 e. The number of amides is 1. The summed E-state index contributed by atoms with van der Waals surface area (Å²) >= 11 is 9.35. The fraction of sp³-hybridized carbons (Fsp3) is 0.0930. The van der Waals surface area contributed by atoms with E-state index < -0.39 is 42.4 Å². The van der Waals surface area contributed by atoms with E-state index in [2.05, 4.69) is 26.2 Å². The van der Waals surface area contributed by atoms with E-state index in [-0.39, 0.29) is 17.0 Å². The first-order chi connectivity index (χ1) is 27.5. The highest BCUT2D eigenvalue weighted by Crippen LogP contribution is 2.29. The van der Waals surface area contributed by atoms with Gasteiger partial charge in [-0.3, -0.25) is 19.7 Å². The van der Waals surface area contributed by atoms with Crippen LogP contribution in [0, 0.1) is 10.1 Å². The van der Waals surface area contributed by atoms with Crippen molar-refractivity contribution >= 4 is 65.1 Å². The highest BCUT2D eigenvalue weighted by atomic mass is 79.9. The number of sulfone groups is 1. The van der Waals surface area contributed by atoms with Crippen LogP contribution < -0.4 is 10.1 Å². The maximum atomic E-state index is 14.1. The largest absolute Gasteiger partial charge is 0.489 e. The number of pyridine rings is 1. The quantitative estimate of drug-likeness (QED) is 0.0892. The van der Waals surface area contributed by atoms with Gasteiger partial charge < -0.3 is 14.6 Å². The van der Waals surface area contributed by atoms with Gasteiger partial charge in [-0.15, -0.1) is 0 Å². The van der Waals surface area contributed by atoms with E-state index in [0.29, 0.717) is 35.5 Å². The van der Waals surface area contributed by atoms with Crippen molar-refractivity contribution in [2.24, 2.45) is 0 Å². The third-order valence-corrected chi connectivity index (χ3v) is 11.8. The molecule has 5 aromatic carbocycles. The molecule has 0 aliphatic heterocycles. The Morgan fingerprint density at radius 3 is 2.21 bits per heavy atom. The number of nitro benzene ring substituents is 1. The van der Waals surface area contributed by atoms with Crippen molar-refractivity contribution in [2.75, 3.05) is 0 Å². The lowest BCUT2D eigenvalue weighted by Crippen LogP contribution is -2.45. The van der Waals surface area contributed by atoms with Crippen LogP contribution in [0.25, 0.3) is 22.2 Å². The third kappa shape index (κ3) is 8.96. The molecule has 0 saturated carbocycles. The summed E-state index contributed by atoms with van der Waals surface area (Å²) in [5, 5.41) is 13.1. The summed E-state index contributed by atoms with van der Waals surface area (Å²) in [5.74, 6) is -0.180. The van der Waals surface area contributed by atoms with Crippen molar-refractivity contribution in [2.45, 2.75) is 30.5 Å². The van der Waals surface area contributed by atoms with Crippen LogP contribution in [0.15, 0.2) is 155 Å². The number of fused-ring (bicyclic) bond motifs is 1. The molecule has 7 aromatic rings. The van der Waals surface area contributed by atoms with Gasteiger partial charge in [-0.05, 0) is 76.3 Å². The Kier molecular flexibility index (Phi) is 11.6. The SMILES string of the molecule is O=C(N[C@@H](Cc1ccc(OCc2ccc(Br)cc2)cc1)C(=O)S(=O)(=O)c1ccc(Cl)c([N+](=O)[O-])c1)c1cn(Cc2ccc(-c3ccccc3)cc2)c2ncccc12. The number of ether oxygens (including phenoxy) is 1. The molecule has 0 unspecified atom stereocenters. The van der Waals surface area contributed by atoms with E-state index >= 15 is 0 Å². The number of carbonyl (C=O) groups is 2. The molecule has 1 amide bonds. The van der Waals surface area contributed by atoms with E-state index in [1.807, 2.05) is 83.4 Å². The van der Waals surface area contributed by atoms with E-state index in [1.54, 1.807) is 48.8 Å². The first-order valence-electron chi connectivity index (χ1n) is 17.5. The van der Waals surface area contributed by atoms with Crippen molar-refractivity contribution in [3.05, 3.63) is 188 Å². The van der Waals surface area contributed by atoms with E-state index in [9.17, 15) is 28.1 Å². The van der Waals surface area contributed by atoms with Crippen LogP contribution >= 0.6 is 27.5 Å². The molecule has 0 aliphatic carbocycles. The number of nitrogens with one attached hydrogen (secondary N) is 1. The fourth-order valence-electron chi connectivity index (χ4n) is 6.29. The number of rotatable bonds is 13. The molecular weight excluding hydrogens is 832 g/mol. The zero-order chi connectivity index (χ0) is 40.1. The predicted molar refractivity (Wildman–Crippen MR) is 221 cm³/mol. The maximum absolute atomic E-state index is 14.1. The van der Waals surface area contributed by atoms with Crippen LogP contribution in [0.4, 0.5) is 5.69 Å². The zero-order valence-corrected chi connectivity index (χ0v) is 33.1. The van der Waals surface area contributed by atoms with Gasteiger partial charge >= 0.3 is 0 Å². The highest BCUT2D eigenvalue weighted by molar-refractivity contribution is 9.10. The molecule has 14 heteroatoms. The molecule has 2 heterocycles. The van der Waals surface area contributed by atoms with Gasteiger partial charge in [0.1, 0.15) is 29.1 Å². The lowest BCUT2D eigenvalue weighted by Gasteiger charge is -2.18. The molecule has 0 saturated heterocycles. The van der Waals surface area contributed by atoms with Crippen molar-refractivity contribution in [3.8, 4) is 16.9 Å². The molecule has 57 heavy (non-hydrogen) atoms. The van der Waals surface area contributed by atoms with Gasteiger partial charge in [0.15, 0.2) is 0 Å². The Morgan fingerprint density at radius 1 is 0.842 bits per heavy atom. The predicted octanol–water partition coefficient (Wildman–Crippen LogP) is 9.00. The summed E-state index contributed by atoms with van der Waals surface area (Å²) in [6.07, 6.45) is 3.00. The van der Waals surface area contributed by atoms with Crippen molar-refractivity contribution < 1.29 is 27.7 Å². The number of hydrogen-bond donors (Lipinski definition) is 1. The van der Waals surface area contributed by atoms with Crippen molar-refractivity contribution in [1.29, 1.82) is 0 Å². The monoisotopic (exact) mass is 862 g/mol. The van der Waals surface area contributed by atoms with Crippen LogP contribution in [-0.2, 0) is 34.2 Å². The summed E-state index contributed by atoms with van der Waals surface area (Å²) < 4.78 is 36.2. The molecular formula is C43H32BrClN4O7S. The summed E-state index contributed by atoms with van der Waals surface area (Å²) in [7, 11) is -4.87. The first-order valence-corrected chi connectivity index (χ1v) is 20.2. The van der Waals surface area contributed by atoms with Gasteiger partial charge in [-0.25, -0.2) is 13.4 Å². The first kappa shape index (κ1) is 39.1. The van der Waals surface area contributed by atoms with Crippen LogP contribution in [0.2, 0.25) is 5.02 Å². The van der Waals surface area contributed by atoms with Crippen LogP contribution in [0.1, 0.15) is 27.0 Å². The summed E-state index contributed by atoms with van der Waals surface area (Å²) in [6.45, 7) is 0.676. The molecule has 2 aromatic heterocycles. The Morgan fingerprint density at radius 2 is 1.51 bits per heavy atom. The molecule has 1 atom stereocenters. The molecule has 0 bridgehead atoms. The lowest BCUT2D eigenvalue weighted by molar-refractivity contribution is -0.384. The van der Waals surface area contributed by atoms with Crippen molar-refractivity contribution in [3.63, 3.8) is 0 Å². The summed E-state index contributed by atoms with van der Waals surface area (Å²) in [6, 6.07) is 36.9. The van der Waals surface area contributed by atoms with Gasteiger partial charge in [0.2, 0.25) is 9.84 Å². The average molecular weight is 864 g/mol. The van der Waals surface area contributed by atoms with Gasteiger partial charge in [-0.1, -0.05) is 106 Å². The second-order valence-electron chi connectivity index (χ2n) is 13.1. The Balaban J connectivity index is 1.16. The average Bonchev–Trinajstić information content (AvgIpc) is 3.59. The maximum Gasteiger partial charge on any atom is 0.289 e. The van der Waals surface area contributed by atoms with Crippen LogP contribution in [-0.4, -0.2) is 40.0 Å². The molecule has 11 nitrogen and oxygen atoms in total. The minimum atomic E-state index is -4.87. The number of benzene rings is 5. The summed E-state index contributed by atoms with van der Waals surface area (Å²) in [5.41, 5.74) is 4.55. The van der Waals surface area contributed by atoms with E-state index in [1.165, 1.54) is 0 Å². The molecule has 7 rings (SSSR count). The Labute approximate surface area is 341 Å². The molecule has 1 N–H and O–H groups in total. The number of nitrogens with zero attached hydrogens (tertiary/aromatic N) is 3. The molecule has 0 radical (unpaired) electrons. The van der Waals surface area contributed by atoms with Crippen molar-refractivity contribution in [1.82, 2.24) is 14.9 Å². The number of aromatic nitrogens is 2. The van der Waals surface area contributed by atoms with E-state index in [4.69, 9.17) is 16.3 Å². The van der Waals surface area contributed by atoms with E-state index in [0.717, 1.165) is 44.9 Å². The standard InChI is InChI=1S/C43H32BrClN4O7S/c44-33-16-10-30(11-17-33)27-56-34-18-12-28(13-19-34)23-39(43(51)57(54,55)35-20-21-38(45)40(24-35)49(52)53)47-42(50)37-26-48(41-36(37)7-4-22-46-41)25-29-8-14-32(15-9-29)31-5-2-1-3-6-31/h1-22,24,26,39H,23,25,27H2,(H,47,50)/t39-/m0/s1. The fourth-order valence-corrected chi connectivity index (χ4v) is 8.00. The minimum Gasteiger partial charge on any atom is -0.489 e. The second-order valence-corrected chi connectivity index (χ2v) is 16.3. The Bertz CT molecular complexity index is 2710. The molecule has 0 fully saturated rings. The van der Waals surface area contributed by atoms with Gasteiger partial charge in [-0.2, -0.15) is 0 Å².